The minimum atomic E-state index is -1.05. The van der Waals surface area contributed by atoms with E-state index in [0.29, 0.717) is 5.69 Å². The molecule has 0 radical (unpaired) electrons. The zero-order valence-corrected chi connectivity index (χ0v) is 14.6. The van der Waals surface area contributed by atoms with Gasteiger partial charge in [-0.25, -0.2) is 4.98 Å². The highest BCUT2D eigenvalue weighted by Gasteiger charge is 2.27. The third-order valence-corrected chi connectivity index (χ3v) is 4.85. The average Bonchev–Trinajstić information content (AvgIpc) is 2.98. The smallest absolute Gasteiger partial charge is 0.244 e. The molecule has 0 bridgehead atoms. The van der Waals surface area contributed by atoms with E-state index in [1.165, 1.54) is 5.56 Å². The fourth-order valence-electron chi connectivity index (χ4n) is 2.19. The molecule has 0 aliphatic rings. The van der Waals surface area contributed by atoms with E-state index in [2.05, 4.69) is 29.4 Å². The van der Waals surface area contributed by atoms with Crippen LogP contribution in [0.15, 0.2) is 42.5 Å². The number of amides is 1. The van der Waals surface area contributed by atoms with Gasteiger partial charge in [-0.1, -0.05) is 6.07 Å². The van der Waals surface area contributed by atoms with E-state index in [-0.39, 0.29) is 5.91 Å². The Labute approximate surface area is 144 Å². The summed E-state index contributed by atoms with van der Waals surface area (Å²) in [7, 11) is 0. The van der Waals surface area contributed by atoms with E-state index < -0.39 is 5.41 Å². The lowest BCUT2D eigenvalue weighted by Gasteiger charge is -2.15. The van der Waals surface area contributed by atoms with E-state index in [0.717, 1.165) is 20.8 Å². The molecule has 3 aromatic rings. The third kappa shape index (κ3) is 3.15. The summed E-state index contributed by atoms with van der Waals surface area (Å²) in [4.78, 5) is 16.7. The Morgan fingerprint density at radius 3 is 2.58 bits per heavy atom. The molecule has 1 aromatic heterocycles. The molecule has 0 spiro atoms. The standard InChI is InChI=1S/C19H17N3OS/c1-12-4-9-15-16(10-12)24-17(22-15)13-5-7-14(8-6-13)21-18(23)19(2,3)11-20/h4-10H,1-3H3,(H,21,23). The number of aryl methyl sites for hydroxylation is 1. The Bertz CT molecular complexity index is 949. The Morgan fingerprint density at radius 2 is 1.92 bits per heavy atom. The van der Waals surface area contributed by atoms with Gasteiger partial charge < -0.3 is 5.32 Å². The van der Waals surface area contributed by atoms with Crippen molar-refractivity contribution < 1.29 is 4.79 Å². The molecule has 1 amide bonds. The van der Waals surface area contributed by atoms with Gasteiger partial charge in [0.2, 0.25) is 5.91 Å². The van der Waals surface area contributed by atoms with Crippen LogP contribution in [0.2, 0.25) is 0 Å². The number of hydrogen-bond donors (Lipinski definition) is 1. The summed E-state index contributed by atoms with van der Waals surface area (Å²) in [6.07, 6.45) is 0. The van der Waals surface area contributed by atoms with Gasteiger partial charge in [0.25, 0.3) is 0 Å². The van der Waals surface area contributed by atoms with Gasteiger partial charge in [-0.05, 0) is 62.7 Å². The second kappa shape index (κ2) is 6.06. The summed E-state index contributed by atoms with van der Waals surface area (Å²) < 4.78 is 1.16. The fraction of sp³-hybridized carbons (Fsp3) is 0.211. The molecular formula is C19H17N3OS. The second-order valence-electron chi connectivity index (χ2n) is 6.26. The van der Waals surface area contributed by atoms with E-state index in [9.17, 15) is 4.79 Å². The first-order valence-electron chi connectivity index (χ1n) is 7.59. The monoisotopic (exact) mass is 335 g/mol. The summed E-state index contributed by atoms with van der Waals surface area (Å²) in [6, 6.07) is 15.7. The van der Waals surface area contributed by atoms with E-state index in [4.69, 9.17) is 5.26 Å². The number of anilines is 1. The molecule has 0 atom stereocenters. The molecule has 3 rings (SSSR count). The lowest BCUT2D eigenvalue weighted by molar-refractivity contribution is -0.121. The van der Waals surface area contributed by atoms with Crippen molar-refractivity contribution in [3.8, 4) is 16.6 Å². The topological polar surface area (TPSA) is 65.8 Å². The van der Waals surface area contributed by atoms with Crippen LogP contribution < -0.4 is 5.32 Å². The van der Waals surface area contributed by atoms with Crippen molar-refractivity contribution in [2.24, 2.45) is 5.41 Å². The molecule has 5 heteroatoms. The van der Waals surface area contributed by atoms with Crippen molar-refractivity contribution in [1.82, 2.24) is 4.98 Å². The number of benzene rings is 2. The van der Waals surface area contributed by atoms with Crippen LogP contribution in [0.25, 0.3) is 20.8 Å². The second-order valence-corrected chi connectivity index (χ2v) is 7.29. The fourth-order valence-corrected chi connectivity index (χ4v) is 3.26. The van der Waals surface area contributed by atoms with Crippen LogP contribution in [0.1, 0.15) is 19.4 Å². The van der Waals surface area contributed by atoms with Gasteiger partial charge in [0.1, 0.15) is 10.4 Å². The number of carbonyl (C=O) groups excluding carboxylic acids is 1. The normalized spacial score (nSPS) is 11.2. The Morgan fingerprint density at radius 1 is 1.21 bits per heavy atom. The minimum absolute atomic E-state index is 0.312. The first kappa shape index (κ1) is 16.2. The maximum Gasteiger partial charge on any atom is 0.244 e. The quantitative estimate of drug-likeness (QED) is 0.750. The molecule has 1 heterocycles. The first-order valence-corrected chi connectivity index (χ1v) is 8.41. The lowest BCUT2D eigenvalue weighted by Crippen LogP contribution is -2.29. The summed E-state index contributed by atoms with van der Waals surface area (Å²) in [5.41, 5.74) is 2.84. The number of thiazole rings is 1. The van der Waals surface area contributed by atoms with Crippen molar-refractivity contribution in [2.45, 2.75) is 20.8 Å². The molecule has 24 heavy (non-hydrogen) atoms. The first-order chi connectivity index (χ1) is 11.4. The number of rotatable bonds is 3. The van der Waals surface area contributed by atoms with E-state index in [1.807, 2.05) is 36.4 Å². The zero-order chi connectivity index (χ0) is 17.3. The van der Waals surface area contributed by atoms with Gasteiger partial charge in [-0.15, -0.1) is 11.3 Å². The number of nitrogens with one attached hydrogen (secondary N) is 1. The van der Waals surface area contributed by atoms with Crippen molar-refractivity contribution in [1.29, 1.82) is 5.26 Å². The van der Waals surface area contributed by atoms with Gasteiger partial charge in [0.15, 0.2) is 0 Å². The largest absolute Gasteiger partial charge is 0.325 e. The van der Waals surface area contributed by atoms with Crippen LogP contribution in [-0.2, 0) is 4.79 Å². The van der Waals surface area contributed by atoms with Gasteiger partial charge in [0, 0.05) is 11.3 Å². The van der Waals surface area contributed by atoms with Crippen molar-refractivity contribution in [3.63, 3.8) is 0 Å². The molecule has 0 saturated carbocycles. The Hall–Kier alpha value is -2.71. The number of aromatic nitrogens is 1. The molecule has 0 aliphatic heterocycles. The molecule has 2 aromatic carbocycles. The SMILES string of the molecule is Cc1ccc2nc(-c3ccc(NC(=O)C(C)(C)C#N)cc3)sc2c1. The van der Waals surface area contributed by atoms with Crippen LogP contribution in [0.4, 0.5) is 5.69 Å². The Kier molecular flexibility index (Phi) is 4.08. The van der Waals surface area contributed by atoms with Crippen molar-refractivity contribution in [3.05, 3.63) is 48.0 Å². The molecular weight excluding hydrogens is 318 g/mol. The highest BCUT2D eigenvalue weighted by molar-refractivity contribution is 7.21. The van der Waals surface area contributed by atoms with E-state index in [1.54, 1.807) is 25.2 Å². The van der Waals surface area contributed by atoms with Gasteiger partial charge in [0.05, 0.1) is 16.3 Å². The predicted molar refractivity (Wildman–Crippen MR) is 97.8 cm³/mol. The number of fused-ring (bicyclic) bond motifs is 1. The molecule has 4 nitrogen and oxygen atoms in total. The maximum atomic E-state index is 12.0. The van der Waals surface area contributed by atoms with Gasteiger partial charge in [-0.3, -0.25) is 4.79 Å². The summed E-state index contributed by atoms with van der Waals surface area (Å²) in [5, 5.41) is 12.7. The third-order valence-electron chi connectivity index (χ3n) is 3.78. The summed E-state index contributed by atoms with van der Waals surface area (Å²) in [5.74, 6) is -0.312. The van der Waals surface area contributed by atoms with Gasteiger partial charge in [-0.2, -0.15) is 5.26 Å². The van der Waals surface area contributed by atoms with Crippen LogP contribution in [-0.4, -0.2) is 10.9 Å². The highest BCUT2D eigenvalue weighted by atomic mass is 32.1. The maximum absolute atomic E-state index is 12.0. The minimum Gasteiger partial charge on any atom is -0.325 e. The van der Waals surface area contributed by atoms with E-state index >= 15 is 0 Å². The van der Waals surface area contributed by atoms with Crippen LogP contribution in [0.3, 0.4) is 0 Å². The van der Waals surface area contributed by atoms with Crippen LogP contribution in [0, 0.1) is 23.7 Å². The summed E-state index contributed by atoms with van der Waals surface area (Å²) in [6.45, 7) is 5.26. The predicted octanol–water partition coefficient (Wildman–Crippen LogP) is 4.76. The molecule has 120 valence electrons. The molecule has 1 N–H and O–H groups in total. The molecule has 0 unspecified atom stereocenters. The van der Waals surface area contributed by atoms with Crippen molar-refractivity contribution in [2.75, 3.05) is 5.32 Å². The van der Waals surface area contributed by atoms with Gasteiger partial charge >= 0.3 is 0 Å². The number of carbonyl (C=O) groups is 1. The number of nitriles is 1. The average molecular weight is 335 g/mol. The zero-order valence-electron chi connectivity index (χ0n) is 13.8. The Balaban J connectivity index is 1.83. The van der Waals surface area contributed by atoms with Crippen LogP contribution in [0.5, 0.6) is 0 Å². The molecule has 0 aliphatic carbocycles. The van der Waals surface area contributed by atoms with Crippen molar-refractivity contribution >= 4 is 33.1 Å². The number of nitrogens with zero attached hydrogens (tertiary/aromatic N) is 2. The number of hydrogen-bond acceptors (Lipinski definition) is 4. The lowest BCUT2D eigenvalue weighted by atomic mass is 9.94. The highest BCUT2D eigenvalue weighted by Crippen LogP contribution is 2.31. The molecule has 0 fully saturated rings. The van der Waals surface area contributed by atoms with Crippen LogP contribution >= 0.6 is 11.3 Å². The summed E-state index contributed by atoms with van der Waals surface area (Å²) >= 11 is 1.65. The molecule has 0 saturated heterocycles.